The second kappa shape index (κ2) is 7.85. The van der Waals surface area contributed by atoms with Crippen molar-refractivity contribution in [2.75, 3.05) is 0 Å². The molecular formula is C17H14N4O2S. The normalized spacial score (nSPS) is 10.6. The summed E-state index contributed by atoms with van der Waals surface area (Å²) in [4.78, 5) is 23.2. The van der Waals surface area contributed by atoms with Crippen molar-refractivity contribution in [3.8, 4) is 6.07 Å². The molecule has 24 heavy (non-hydrogen) atoms. The molecule has 0 aliphatic carbocycles. The fourth-order valence-corrected chi connectivity index (χ4v) is 2.06. The van der Waals surface area contributed by atoms with E-state index in [0.717, 1.165) is 10.8 Å². The summed E-state index contributed by atoms with van der Waals surface area (Å²) in [7, 11) is 0. The molecule has 2 aromatic rings. The van der Waals surface area contributed by atoms with Gasteiger partial charge in [-0.3, -0.25) is 20.4 Å². The molecule has 0 aliphatic rings. The van der Waals surface area contributed by atoms with Crippen LogP contribution in [0.2, 0.25) is 0 Å². The molecule has 0 aliphatic heterocycles. The van der Waals surface area contributed by atoms with Crippen molar-refractivity contribution in [3.05, 3.63) is 59.8 Å². The highest BCUT2D eigenvalue weighted by Crippen LogP contribution is 2.17. The van der Waals surface area contributed by atoms with Crippen LogP contribution in [-0.4, -0.2) is 16.8 Å². The number of benzene rings is 2. The quantitative estimate of drug-likeness (QED) is 0.260. The van der Waals surface area contributed by atoms with E-state index < -0.39 is 5.78 Å². The Labute approximate surface area is 144 Å². The van der Waals surface area contributed by atoms with Gasteiger partial charge in [-0.05, 0) is 29.1 Å². The van der Waals surface area contributed by atoms with Crippen LogP contribution in [0.25, 0.3) is 10.8 Å². The number of allylic oxidation sites excluding steroid dienone is 1. The molecule has 0 bridgehead atoms. The molecular weight excluding hydrogens is 324 g/mol. The summed E-state index contributed by atoms with van der Waals surface area (Å²) in [5.41, 5.74) is 5.01. The molecule has 0 unspecified atom stereocenters. The van der Waals surface area contributed by atoms with Gasteiger partial charge in [-0.1, -0.05) is 36.4 Å². The number of nitriles is 1. The average molecular weight is 338 g/mol. The van der Waals surface area contributed by atoms with Crippen LogP contribution in [0.5, 0.6) is 0 Å². The van der Waals surface area contributed by atoms with Crippen LogP contribution in [0.15, 0.2) is 54.2 Å². The maximum Gasteiger partial charge on any atom is 0.235 e. The summed E-state index contributed by atoms with van der Waals surface area (Å²) >= 11 is 4.90. The molecule has 0 aromatic heterocycles. The fraction of sp³-hybridized carbons (Fsp3) is 0.0588. The van der Waals surface area contributed by atoms with E-state index in [4.69, 9.17) is 12.2 Å². The molecule has 0 saturated heterocycles. The van der Waals surface area contributed by atoms with Crippen molar-refractivity contribution < 1.29 is 9.59 Å². The zero-order valence-electron chi connectivity index (χ0n) is 12.8. The Morgan fingerprint density at radius 1 is 1.12 bits per heavy atom. The highest BCUT2D eigenvalue weighted by molar-refractivity contribution is 7.80. The zero-order chi connectivity index (χ0) is 17.5. The number of ketones is 1. The standard InChI is InChI=1S/C17H14N4O2S/c1-11(22)20-21-17(24)19-10-15(9-18)16(23)14-7-6-12-4-2-3-5-13(12)8-14/h2-8,10H,1H3,(H,20,22)(H2,19,21,24)/b15-10+. The van der Waals surface area contributed by atoms with Crippen molar-refractivity contribution in [1.29, 1.82) is 5.26 Å². The van der Waals surface area contributed by atoms with Crippen LogP contribution < -0.4 is 16.2 Å². The minimum atomic E-state index is -0.418. The first-order valence-electron chi connectivity index (χ1n) is 6.98. The Morgan fingerprint density at radius 2 is 1.83 bits per heavy atom. The van der Waals surface area contributed by atoms with Crippen LogP contribution in [-0.2, 0) is 4.79 Å². The van der Waals surface area contributed by atoms with Crippen LogP contribution in [0.1, 0.15) is 17.3 Å². The van der Waals surface area contributed by atoms with E-state index in [9.17, 15) is 14.9 Å². The number of hydrogen-bond acceptors (Lipinski definition) is 4. The maximum atomic E-state index is 12.4. The van der Waals surface area contributed by atoms with Gasteiger partial charge in [0.1, 0.15) is 11.6 Å². The third-order valence-electron chi connectivity index (χ3n) is 3.08. The van der Waals surface area contributed by atoms with Gasteiger partial charge in [-0.2, -0.15) is 5.26 Å². The van der Waals surface area contributed by atoms with Gasteiger partial charge in [-0.25, -0.2) is 0 Å². The van der Waals surface area contributed by atoms with Gasteiger partial charge in [0.15, 0.2) is 5.11 Å². The van der Waals surface area contributed by atoms with Crippen molar-refractivity contribution in [1.82, 2.24) is 16.2 Å². The van der Waals surface area contributed by atoms with Gasteiger partial charge < -0.3 is 5.32 Å². The van der Waals surface area contributed by atoms with E-state index in [1.54, 1.807) is 12.1 Å². The van der Waals surface area contributed by atoms with Crippen LogP contribution >= 0.6 is 12.2 Å². The molecule has 7 heteroatoms. The van der Waals surface area contributed by atoms with Crippen molar-refractivity contribution >= 4 is 39.8 Å². The first-order valence-corrected chi connectivity index (χ1v) is 7.39. The predicted molar refractivity (Wildman–Crippen MR) is 94.7 cm³/mol. The molecule has 2 rings (SSSR count). The second-order valence-corrected chi connectivity index (χ2v) is 5.25. The molecule has 6 nitrogen and oxygen atoms in total. The largest absolute Gasteiger partial charge is 0.336 e. The Kier molecular flexibility index (Phi) is 5.60. The maximum absolute atomic E-state index is 12.4. The number of hydrazine groups is 1. The minimum absolute atomic E-state index is 0.0595. The monoisotopic (exact) mass is 338 g/mol. The number of Topliss-reactive ketones (excluding diaryl/α,β-unsaturated/α-hetero) is 1. The molecule has 0 heterocycles. The minimum Gasteiger partial charge on any atom is -0.336 e. The van der Waals surface area contributed by atoms with Gasteiger partial charge in [0.2, 0.25) is 11.7 Å². The summed E-state index contributed by atoms with van der Waals surface area (Å²) in [5, 5.41) is 13.7. The molecule has 3 N–H and O–H groups in total. The Morgan fingerprint density at radius 3 is 2.50 bits per heavy atom. The summed E-state index contributed by atoms with van der Waals surface area (Å²) in [5.74, 6) is -0.742. The SMILES string of the molecule is CC(=O)NNC(=S)N/C=C(\C#N)C(=O)c1ccc2ccccc2c1. The fourth-order valence-electron chi connectivity index (χ4n) is 1.95. The molecule has 1 amide bonds. The number of hydrogen-bond donors (Lipinski definition) is 3. The van der Waals surface area contributed by atoms with Gasteiger partial charge in [0, 0.05) is 18.7 Å². The van der Waals surface area contributed by atoms with Crippen molar-refractivity contribution in [3.63, 3.8) is 0 Å². The van der Waals surface area contributed by atoms with Gasteiger partial charge in [0.05, 0.1) is 0 Å². The number of nitrogens with one attached hydrogen (secondary N) is 3. The van der Waals surface area contributed by atoms with Crippen molar-refractivity contribution in [2.24, 2.45) is 0 Å². The average Bonchev–Trinajstić information content (AvgIpc) is 2.59. The van der Waals surface area contributed by atoms with E-state index in [1.807, 2.05) is 36.4 Å². The summed E-state index contributed by atoms with van der Waals surface area (Å²) in [6.07, 6.45) is 1.20. The number of thiocarbonyl (C=S) groups is 1. The first kappa shape index (κ1) is 17.1. The number of fused-ring (bicyclic) bond motifs is 1. The number of nitrogens with zero attached hydrogens (tertiary/aromatic N) is 1. The lowest BCUT2D eigenvalue weighted by Gasteiger charge is -2.07. The lowest BCUT2D eigenvalue weighted by molar-refractivity contribution is -0.119. The summed E-state index contributed by atoms with van der Waals surface area (Å²) in [6, 6.07) is 14.7. The lowest BCUT2D eigenvalue weighted by Crippen LogP contribution is -2.44. The van der Waals surface area contributed by atoms with Gasteiger partial charge >= 0.3 is 0 Å². The lowest BCUT2D eigenvalue weighted by atomic mass is 10.0. The van der Waals surface area contributed by atoms with E-state index in [2.05, 4.69) is 16.2 Å². The van der Waals surface area contributed by atoms with E-state index in [0.29, 0.717) is 5.56 Å². The molecule has 0 radical (unpaired) electrons. The number of rotatable bonds is 3. The number of amides is 1. The van der Waals surface area contributed by atoms with E-state index in [-0.39, 0.29) is 16.6 Å². The Hall–Kier alpha value is -3.24. The third-order valence-corrected chi connectivity index (χ3v) is 3.30. The van der Waals surface area contributed by atoms with Gasteiger partial charge in [-0.15, -0.1) is 0 Å². The summed E-state index contributed by atoms with van der Waals surface area (Å²) in [6.45, 7) is 1.31. The van der Waals surface area contributed by atoms with Crippen molar-refractivity contribution in [2.45, 2.75) is 6.92 Å². The highest BCUT2D eigenvalue weighted by atomic mass is 32.1. The molecule has 0 atom stereocenters. The zero-order valence-corrected chi connectivity index (χ0v) is 13.6. The Bertz CT molecular complexity index is 884. The smallest absolute Gasteiger partial charge is 0.235 e. The van der Waals surface area contributed by atoms with Gasteiger partial charge in [0.25, 0.3) is 0 Å². The molecule has 0 fully saturated rings. The topological polar surface area (TPSA) is 94.0 Å². The summed E-state index contributed by atoms with van der Waals surface area (Å²) < 4.78 is 0. The van der Waals surface area contributed by atoms with E-state index >= 15 is 0 Å². The Balaban J connectivity index is 2.15. The highest BCUT2D eigenvalue weighted by Gasteiger charge is 2.12. The molecule has 0 saturated carbocycles. The van der Waals surface area contributed by atoms with Crippen LogP contribution in [0, 0.1) is 11.3 Å². The molecule has 2 aromatic carbocycles. The van der Waals surface area contributed by atoms with Crippen LogP contribution in [0.4, 0.5) is 0 Å². The van der Waals surface area contributed by atoms with Crippen LogP contribution in [0.3, 0.4) is 0 Å². The first-order chi connectivity index (χ1) is 11.5. The second-order valence-electron chi connectivity index (χ2n) is 4.84. The van der Waals surface area contributed by atoms with E-state index in [1.165, 1.54) is 13.1 Å². The number of carbonyl (C=O) groups is 2. The third kappa shape index (κ3) is 4.38. The molecule has 0 spiro atoms. The number of carbonyl (C=O) groups excluding carboxylic acids is 2. The predicted octanol–water partition coefficient (Wildman–Crippen LogP) is 1.95. The molecule has 120 valence electrons.